The predicted octanol–water partition coefficient (Wildman–Crippen LogP) is 3.99. The van der Waals surface area contributed by atoms with Crippen molar-refractivity contribution in [3.8, 4) is 0 Å². The Balaban J connectivity index is 1.71. The van der Waals surface area contributed by atoms with Crippen LogP contribution in [0.3, 0.4) is 0 Å². The van der Waals surface area contributed by atoms with E-state index in [-0.39, 0.29) is 11.8 Å². The Morgan fingerprint density at radius 1 is 1.20 bits per heavy atom. The summed E-state index contributed by atoms with van der Waals surface area (Å²) in [5, 5.41) is 3.21. The SMILES string of the molecule is CC(C)[C@@H]1CC[C@@H](C)CC1C(=O)NCCN(C)CCc1ccccc1. The number of likely N-dealkylation sites (N-methyl/N-ethyl adjacent to an activating group) is 1. The molecule has 3 nitrogen and oxygen atoms in total. The van der Waals surface area contributed by atoms with Crippen LogP contribution < -0.4 is 5.32 Å². The highest BCUT2D eigenvalue weighted by Crippen LogP contribution is 2.37. The molecule has 3 atom stereocenters. The van der Waals surface area contributed by atoms with Gasteiger partial charge in [-0.1, -0.05) is 57.5 Å². The molecule has 1 aliphatic rings. The Labute approximate surface area is 154 Å². The molecule has 0 heterocycles. The number of carbonyl (C=O) groups excluding carboxylic acids is 1. The maximum atomic E-state index is 12.7. The topological polar surface area (TPSA) is 32.3 Å². The maximum absolute atomic E-state index is 12.7. The standard InChI is InChI=1S/C22H36N2O/c1-17(2)20-11-10-18(3)16-21(20)22(25)23-13-15-24(4)14-12-19-8-6-5-7-9-19/h5-9,17-18,20-21H,10-16H2,1-4H3,(H,23,25)/t18-,20+,21?/m1/s1. The van der Waals surface area contributed by atoms with Gasteiger partial charge < -0.3 is 10.2 Å². The third-order valence-corrected chi connectivity index (χ3v) is 5.78. The molecule has 0 bridgehead atoms. The molecule has 25 heavy (non-hydrogen) atoms. The number of hydrogen-bond donors (Lipinski definition) is 1. The normalized spacial score (nSPS) is 23.8. The lowest BCUT2D eigenvalue weighted by Gasteiger charge is -2.36. The minimum absolute atomic E-state index is 0.207. The van der Waals surface area contributed by atoms with Gasteiger partial charge in [0.15, 0.2) is 0 Å². The first-order valence-corrected chi connectivity index (χ1v) is 9.97. The highest BCUT2D eigenvalue weighted by Gasteiger charge is 2.35. The largest absolute Gasteiger partial charge is 0.355 e. The van der Waals surface area contributed by atoms with E-state index in [2.05, 4.69) is 68.4 Å². The molecular weight excluding hydrogens is 308 g/mol. The molecule has 140 valence electrons. The van der Waals surface area contributed by atoms with Crippen molar-refractivity contribution in [2.75, 3.05) is 26.7 Å². The molecule has 1 amide bonds. The van der Waals surface area contributed by atoms with E-state index in [9.17, 15) is 4.79 Å². The van der Waals surface area contributed by atoms with Crippen molar-refractivity contribution in [1.29, 1.82) is 0 Å². The molecule has 1 aromatic rings. The van der Waals surface area contributed by atoms with Gasteiger partial charge in [-0.05, 0) is 49.6 Å². The summed E-state index contributed by atoms with van der Waals surface area (Å²) in [6.45, 7) is 9.49. The zero-order valence-electron chi connectivity index (χ0n) is 16.5. The number of benzene rings is 1. The van der Waals surface area contributed by atoms with E-state index in [0.29, 0.717) is 17.8 Å². The smallest absolute Gasteiger partial charge is 0.223 e. The van der Waals surface area contributed by atoms with E-state index < -0.39 is 0 Å². The highest BCUT2D eigenvalue weighted by atomic mass is 16.1. The maximum Gasteiger partial charge on any atom is 0.223 e. The van der Waals surface area contributed by atoms with Gasteiger partial charge in [-0.2, -0.15) is 0 Å². The van der Waals surface area contributed by atoms with Crippen molar-refractivity contribution in [3.05, 3.63) is 35.9 Å². The summed E-state index contributed by atoms with van der Waals surface area (Å²) in [4.78, 5) is 15.0. The fraction of sp³-hybridized carbons (Fsp3) is 0.682. The molecule has 1 aliphatic carbocycles. The van der Waals surface area contributed by atoms with Crippen LogP contribution in [0.25, 0.3) is 0 Å². The molecule has 1 saturated carbocycles. The van der Waals surface area contributed by atoms with Crippen LogP contribution in [0.1, 0.15) is 45.6 Å². The average Bonchev–Trinajstić information content (AvgIpc) is 2.60. The van der Waals surface area contributed by atoms with Crippen molar-refractivity contribution in [1.82, 2.24) is 10.2 Å². The molecule has 0 spiro atoms. The first kappa shape index (κ1) is 20.0. The van der Waals surface area contributed by atoms with Crippen LogP contribution in [-0.2, 0) is 11.2 Å². The quantitative estimate of drug-likeness (QED) is 0.773. The average molecular weight is 345 g/mol. The predicted molar refractivity (Wildman–Crippen MR) is 105 cm³/mol. The minimum atomic E-state index is 0.207. The van der Waals surface area contributed by atoms with Crippen LogP contribution >= 0.6 is 0 Å². The molecule has 1 aromatic carbocycles. The van der Waals surface area contributed by atoms with Crippen LogP contribution in [0, 0.1) is 23.7 Å². The third-order valence-electron chi connectivity index (χ3n) is 5.78. The molecule has 1 fully saturated rings. The van der Waals surface area contributed by atoms with Crippen LogP contribution in [0.2, 0.25) is 0 Å². The minimum Gasteiger partial charge on any atom is -0.355 e. The molecule has 1 unspecified atom stereocenters. The van der Waals surface area contributed by atoms with Crippen LogP contribution in [-0.4, -0.2) is 37.5 Å². The second-order valence-electron chi connectivity index (χ2n) is 8.26. The summed E-state index contributed by atoms with van der Waals surface area (Å²) in [5.74, 6) is 2.31. The van der Waals surface area contributed by atoms with Crippen LogP contribution in [0.5, 0.6) is 0 Å². The van der Waals surface area contributed by atoms with Gasteiger partial charge in [0.05, 0.1) is 0 Å². The number of amides is 1. The first-order chi connectivity index (χ1) is 12.0. The van der Waals surface area contributed by atoms with Gasteiger partial charge in [-0.3, -0.25) is 4.79 Å². The van der Waals surface area contributed by atoms with E-state index in [4.69, 9.17) is 0 Å². The Morgan fingerprint density at radius 2 is 1.92 bits per heavy atom. The van der Waals surface area contributed by atoms with Gasteiger partial charge in [-0.25, -0.2) is 0 Å². The fourth-order valence-electron chi connectivity index (χ4n) is 4.08. The lowest BCUT2D eigenvalue weighted by Crippen LogP contribution is -2.42. The van der Waals surface area contributed by atoms with E-state index >= 15 is 0 Å². The number of carbonyl (C=O) groups is 1. The summed E-state index contributed by atoms with van der Waals surface area (Å²) in [7, 11) is 2.13. The Kier molecular flexibility index (Phi) is 7.95. The number of hydrogen-bond acceptors (Lipinski definition) is 2. The van der Waals surface area contributed by atoms with Gasteiger partial charge in [0, 0.05) is 25.6 Å². The molecule has 0 radical (unpaired) electrons. The summed E-state index contributed by atoms with van der Waals surface area (Å²) in [5.41, 5.74) is 1.37. The van der Waals surface area contributed by atoms with E-state index in [0.717, 1.165) is 32.5 Å². The molecular formula is C22H36N2O. The molecule has 3 heteroatoms. The Bertz CT molecular complexity index is 514. The monoisotopic (exact) mass is 344 g/mol. The third kappa shape index (κ3) is 6.47. The second kappa shape index (κ2) is 9.96. The zero-order valence-corrected chi connectivity index (χ0v) is 16.5. The Morgan fingerprint density at radius 3 is 2.60 bits per heavy atom. The van der Waals surface area contributed by atoms with Gasteiger partial charge in [0.1, 0.15) is 0 Å². The Hall–Kier alpha value is -1.35. The summed E-state index contributed by atoms with van der Waals surface area (Å²) >= 11 is 0. The molecule has 0 aromatic heterocycles. The van der Waals surface area contributed by atoms with Crippen molar-refractivity contribution < 1.29 is 4.79 Å². The molecule has 1 N–H and O–H groups in total. The van der Waals surface area contributed by atoms with Crippen LogP contribution in [0.4, 0.5) is 0 Å². The van der Waals surface area contributed by atoms with Gasteiger partial charge in [0.25, 0.3) is 0 Å². The second-order valence-corrected chi connectivity index (χ2v) is 8.26. The van der Waals surface area contributed by atoms with Crippen molar-refractivity contribution in [3.63, 3.8) is 0 Å². The van der Waals surface area contributed by atoms with E-state index in [1.807, 2.05) is 0 Å². The van der Waals surface area contributed by atoms with Crippen molar-refractivity contribution in [2.24, 2.45) is 23.7 Å². The zero-order chi connectivity index (χ0) is 18.2. The lowest BCUT2D eigenvalue weighted by molar-refractivity contribution is -0.129. The van der Waals surface area contributed by atoms with Gasteiger partial charge >= 0.3 is 0 Å². The summed E-state index contributed by atoms with van der Waals surface area (Å²) in [6, 6.07) is 10.6. The van der Waals surface area contributed by atoms with Gasteiger partial charge in [0.2, 0.25) is 5.91 Å². The molecule has 2 rings (SSSR count). The molecule has 0 saturated heterocycles. The highest BCUT2D eigenvalue weighted by molar-refractivity contribution is 5.79. The van der Waals surface area contributed by atoms with Crippen molar-refractivity contribution >= 4 is 5.91 Å². The van der Waals surface area contributed by atoms with E-state index in [1.165, 1.54) is 18.4 Å². The lowest BCUT2D eigenvalue weighted by atomic mass is 9.70. The fourth-order valence-corrected chi connectivity index (χ4v) is 4.08. The molecule has 0 aliphatic heterocycles. The summed E-state index contributed by atoms with van der Waals surface area (Å²) in [6.07, 6.45) is 4.59. The van der Waals surface area contributed by atoms with Crippen molar-refractivity contribution in [2.45, 2.75) is 46.5 Å². The number of nitrogens with one attached hydrogen (secondary N) is 1. The summed E-state index contributed by atoms with van der Waals surface area (Å²) < 4.78 is 0. The number of nitrogens with zero attached hydrogens (tertiary/aromatic N) is 1. The van der Waals surface area contributed by atoms with Gasteiger partial charge in [-0.15, -0.1) is 0 Å². The van der Waals surface area contributed by atoms with E-state index in [1.54, 1.807) is 0 Å². The number of rotatable bonds is 8. The van der Waals surface area contributed by atoms with Crippen LogP contribution in [0.15, 0.2) is 30.3 Å². The first-order valence-electron chi connectivity index (χ1n) is 9.97.